The van der Waals surface area contributed by atoms with Crippen LogP contribution in [-0.2, 0) is 4.79 Å². The van der Waals surface area contributed by atoms with E-state index in [0.717, 1.165) is 13.0 Å². The minimum atomic E-state index is 0.138. The summed E-state index contributed by atoms with van der Waals surface area (Å²) in [6, 6.07) is 0. The van der Waals surface area contributed by atoms with Gasteiger partial charge in [-0.25, -0.2) is 0 Å². The molecule has 0 saturated carbocycles. The number of hydrogen-bond donors (Lipinski definition) is 2. The number of carbonyl (C=O) groups is 1. The number of rotatable bonds is 2. The number of nitrogens with one attached hydrogen (secondary N) is 2. The van der Waals surface area contributed by atoms with Gasteiger partial charge in [-0.1, -0.05) is 6.92 Å². The highest BCUT2D eigenvalue weighted by Crippen LogP contribution is 2.01. The predicted octanol–water partition coefficient (Wildman–Crippen LogP) is 0.222. The molecule has 1 amide bonds. The predicted molar refractivity (Wildman–Crippen MR) is 39.5 cm³/mol. The Bertz CT molecular complexity index is 119. The Hall–Kier alpha value is -0.570. The number of hydrogen-bond acceptors (Lipinski definition) is 2. The lowest BCUT2D eigenvalue weighted by molar-refractivity contribution is -0.121. The maximum Gasteiger partial charge on any atom is 0.220 e. The summed E-state index contributed by atoms with van der Waals surface area (Å²) in [4.78, 5) is 10.8. The Kier molecular flexibility index (Phi) is 2.68. The van der Waals surface area contributed by atoms with Gasteiger partial charge in [-0.2, -0.15) is 0 Å². The lowest BCUT2D eigenvalue weighted by Crippen LogP contribution is -2.40. The molecule has 0 bridgehead atoms. The van der Waals surface area contributed by atoms with Gasteiger partial charge in [-0.3, -0.25) is 10.1 Å². The van der Waals surface area contributed by atoms with E-state index in [-0.39, 0.29) is 12.1 Å². The zero-order chi connectivity index (χ0) is 7.40. The zero-order valence-corrected chi connectivity index (χ0v) is 6.31. The Morgan fingerprint density at radius 3 is 3.10 bits per heavy atom. The standard InChI is InChI=1S/C7H14N2O/c1-2-7(10)9-6-4-3-5-8-6/h6,8H,2-5H2,1H3,(H,9,10)/t6-/m1/s1. The summed E-state index contributed by atoms with van der Waals surface area (Å²) in [6.07, 6.45) is 3.07. The van der Waals surface area contributed by atoms with Crippen molar-refractivity contribution in [3.8, 4) is 0 Å². The molecule has 0 aromatic heterocycles. The van der Waals surface area contributed by atoms with Crippen molar-refractivity contribution in [1.29, 1.82) is 0 Å². The summed E-state index contributed by atoms with van der Waals surface area (Å²) in [5, 5.41) is 6.07. The molecule has 2 N–H and O–H groups in total. The maximum atomic E-state index is 10.8. The third-order valence-electron chi connectivity index (χ3n) is 1.72. The third-order valence-corrected chi connectivity index (χ3v) is 1.72. The van der Waals surface area contributed by atoms with Gasteiger partial charge in [0.2, 0.25) is 5.91 Å². The molecule has 58 valence electrons. The molecule has 1 aliphatic rings. The van der Waals surface area contributed by atoms with Crippen molar-refractivity contribution in [2.24, 2.45) is 0 Å². The minimum absolute atomic E-state index is 0.138. The number of carbonyl (C=O) groups excluding carboxylic acids is 1. The molecule has 1 aliphatic heterocycles. The van der Waals surface area contributed by atoms with Crippen molar-refractivity contribution < 1.29 is 4.79 Å². The highest BCUT2D eigenvalue weighted by Gasteiger charge is 2.14. The summed E-state index contributed by atoms with van der Waals surface area (Å²) in [5.41, 5.74) is 0. The molecule has 1 heterocycles. The van der Waals surface area contributed by atoms with Crippen LogP contribution >= 0.6 is 0 Å². The topological polar surface area (TPSA) is 41.1 Å². The van der Waals surface area contributed by atoms with Crippen molar-refractivity contribution in [2.45, 2.75) is 32.4 Å². The second-order valence-electron chi connectivity index (χ2n) is 2.57. The van der Waals surface area contributed by atoms with Crippen molar-refractivity contribution >= 4 is 5.91 Å². The second-order valence-corrected chi connectivity index (χ2v) is 2.57. The van der Waals surface area contributed by atoms with E-state index >= 15 is 0 Å². The first-order chi connectivity index (χ1) is 4.83. The van der Waals surface area contributed by atoms with Crippen LogP contribution in [0.25, 0.3) is 0 Å². The lowest BCUT2D eigenvalue weighted by Gasteiger charge is -2.10. The summed E-state index contributed by atoms with van der Waals surface area (Å²) >= 11 is 0. The summed E-state index contributed by atoms with van der Waals surface area (Å²) in [7, 11) is 0. The first kappa shape index (κ1) is 7.54. The molecule has 1 rings (SSSR count). The quantitative estimate of drug-likeness (QED) is 0.579. The molecule has 1 saturated heterocycles. The first-order valence-corrected chi connectivity index (χ1v) is 3.85. The molecule has 10 heavy (non-hydrogen) atoms. The van der Waals surface area contributed by atoms with E-state index in [4.69, 9.17) is 0 Å². The minimum Gasteiger partial charge on any atom is -0.341 e. The molecule has 1 atom stereocenters. The van der Waals surface area contributed by atoms with Crippen LogP contribution in [-0.4, -0.2) is 18.6 Å². The van der Waals surface area contributed by atoms with Crippen LogP contribution in [0, 0.1) is 0 Å². The van der Waals surface area contributed by atoms with Crippen molar-refractivity contribution in [1.82, 2.24) is 10.6 Å². The highest BCUT2D eigenvalue weighted by molar-refractivity contribution is 5.75. The van der Waals surface area contributed by atoms with Gasteiger partial charge in [0.25, 0.3) is 0 Å². The fourth-order valence-corrected chi connectivity index (χ4v) is 1.10. The van der Waals surface area contributed by atoms with E-state index in [2.05, 4.69) is 10.6 Å². The van der Waals surface area contributed by atoms with Crippen LogP contribution < -0.4 is 10.6 Å². The zero-order valence-electron chi connectivity index (χ0n) is 6.31. The average molecular weight is 142 g/mol. The monoisotopic (exact) mass is 142 g/mol. The van der Waals surface area contributed by atoms with E-state index < -0.39 is 0 Å². The second kappa shape index (κ2) is 3.56. The molecule has 3 heteroatoms. The van der Waals surface area contributed by atoms with Crippen LogP contribution in [0.3, 0.4) is 0 Å². The van der Waals surface area contributed by atoms with Crippen LogP contribution in [0.5, 0.6) is 0 Å². The van der Waals surface area contributed by atoms with Gasteiger partial charge in [0.15, 0.2) is 0 Å². The first-order valence-electron chi connectivity index (χ1n) is 3.85. The van der Waals surface area contributed by atoms with E-state index in [1.54, 1.807) is 0 Å². The Labute approximate surface area is 61.2 Å². The van der Waals surface area contributed by atoms with Crippen molar-refractivity contribution in [3.05, 3.63) is 0 Å². The number of amides is 1. The average Bonchev–Trinajstić information content (AvgIpc) is 2.40. The fraction of sp³-hybridized carbons (Fsp3) is 0.857. The van der Waals surface area contributed by atoms with Gasteiger partial charge in [-0.05, 0) is 19.4 Å². The fourth-order valence-electron chi connectivity index (χ4n) is 1.10. The van der Waals surface area contributed by atoms with Gasteiger partial charge in [0.05, 0.1) is 6.17 Å². The van der Waals surface area contributed by atoms with Crippen molar-refractivity contribution in [2.75, 3.05) is 6.54 Å². The molecule has 0 unspecified atom stereocenters. The van der Waals surface area contributed by atoms with Gasteiger partial charge < -0.3 is 5.32 Å². The Morgan fingerprint density at radius 2 is 2.60 bits per heavy atom. The van der Waals surface area contributed by atoms with Crippen LogP contribution in [0.15, 0.2) is 0 Å². The molecule has 0 spiro atoms. The Morgan fingerprint density at radius 1 is 1.80 bits per heavy atom. The molecule has 0 aromatic carbocycles. The molecule has 0 aromatic rings. The molecular weight excluding hydrogens is 128 g/mol. The smallest absolute Gasteiger partial charge is 0.220 e. The molecular formula is C7H14N2O. The summed E-state index contributed by atoms with van der Waals surface area (Å²) in [5.74, 6) is 0.138. The van der Waals surface area contributed by atoms with Crippen LogP contribution in [0.2, 0.25) is 0 Å². The lowest BCUT2D eigenvalue weighted by atomic mass is 10.3. The van der Waals surface area contributed by atoms with E-state index in [1.165, 1.54) is 6.42 Å². The molecule has 0 radical (unpaired) electrons. The highest BCUT2D eigenvalue weighted by atomic mass is 16.1. The van der Waals surface area contributed by atoms with Crippen LogP contribution in [0.1, 0.15) is 26.2 Å². The molecule has 3 nitrogen and oxygen atoms in total. The van der Waals surface area contributed by atoms with Crippen molar-refractivity contribution in [3.63, 3.8) is 0 Å². The van der Waals surface area contributed by atoms with Gasteiger partial charge in [0.1, 0.15) is 0 Å². The summed E-state index contributed by atoms with van der Waals surface area (Å²) < 4.78 is 0. The van der Waals surface area contributed by atoms with Gasteiger partial charge in [0, 0.05) is 6.42 Å². The van der Waals surface area contributed by atoms with Gasteiger partial charge in [-0.15, -0.1) is 0 Å². The van der Waals surface area contributed by atoms with E-state index in [9.17, 15) is 4.79 Å². The van der Waals surface area contributed by atoms with E-state index in [1.807, 2.05) is 6.92 Å². The van der Waals surface area contributed by atoms with Crippen LogP contribution in [0.4, 0.5) is 0 Å². The Balaban J connectivity index is 2.17. The summed E-state index contributed by atoms with van der Waals surface area (Å²) in [6.45, 7) is 2.90. The SMILES string of the molecule is CCC(=O)N[C@@H]1CCCN1. The largest absolute Gasteiger partial charge is 0.341 e. The van der Waals surface area contributed by atoms with E-state index in [0.29, 0.717) is 6.42 Å². The molecule has 1 fully saturated rings. The van der Waals surface area contributed by atoms with Gasteiger partial charge >= 0.3 is 0 Å². The maximum absolute atomic E-state index is 10.8. The molecule has 0 aliphatic carbocycles. The third kappa shape index (κ3) is 1.99. The normalized spacial score (nSPS) is 24.7.